The molecule has 5 heterocycles. The summed E-state index contributed by atoms with van der Waals surface area (Å²) in [5.74, 6) is 0. The third-order valence-electron chi connectivity index (χ3n) is 16.4. The van der Waals surface area contributed by atoms with Crippen LogP contribution in [0.25, 0.3) is 55.0 Å². The quantitative estimate of drug-likeness (QED) is 0.152. The number of nitrogens with zero attached hydrogens (tertiary/aromatic N) is 3. The highest BCUT2D eigenvalue weighted by atomic mass is 28.3. The Kier molecular flexibility index (Phi) is 8.37. The van der Waals surface area contributed by atoms with Crippen LogP contribution in [0.3, 0.4) is 0 Å². The van der Waals surface area contributed by atoms with Crippen molar-refractivity contribution in [1.29, 1.82) is 0 Å². The zero-order valence-electron chi connectivity index (χ0n) is 39.3. The lowest BCUT2D eigenvalue weighted by Gasteiger charge is -2.53. The first kappa shape index (κ1) is 40.0. The van der Waals surface area contributed by atoms with Gasteiger partial charge in [0.2, 0.25) is 13.4 Å². The van der Waals surface area contributed by atoms with Crippen molar-refractivity contribution in [1.82, 2.24) is 9.13 Å². The predicted molar refractivity (Wildman–Crippen MR) is 309 cm³/mol. The van der Waals surface area contributed by atoms with Crippen LogP contribution in [-0.4, -0.2) is 30.6 Å². The Morgan fingerprint density at radius 3 is 0.986 bits per heavy atom. The van der Waals surface area contributed by atoms with E-state index in [2.05, 4.69) is 275 Å². The summed E-state index contributed by atoms with van der Waals surface area (Å²) in [6, 6.07) is 99.5. The molecule has 72 heavy (non-hydrogen) atoms. The second-order valence-electron chi connectivity index (χ2n) is 19.9. The molecule has 0 aliphatic carbocycles. The zero-order chi connectivity index (χ0) is 47.1. The Bertz CT molecular complexity index is 3970. The van der Waals surface area contributed by atoms with Gasteiger partial charge in [-0.2, -0.15) is 0 Å². The molecule has 0 spiro atoms. The molecule has 0 saturated carbocycles. The van der Waals surface area contributed by atoms with E-state index in [1.54, 1.807) is 0 Å². The Labute approximate surface area is 419 Å². The average Bonchev–Trinajstić information content (AvgIpc) is 3.97. The first-order valence-electron chi connectivity index (χ1n) is 25.3. The Balaban J connectivity index is 1.15. The monoisotopic (exact) mass is 927 g/mol. The summed E-state index contributed by atoms with van der Waals surface area (Å²) in [7, 11) is -3.34. The SMILES string of the molecule is c1ccc(B2c3cccc4c3N3c5c2cc(-n2c6ccccc6c6ccccc62)cc5[Si](c2ccccc2)(c2ccccc2)c2cc(-n5c6ccccc6c6ccccc65)cc(c23)B4c2ccccc2)cc1. The van der Waals surface area contributed by atoms with Gasteiger partial charge < -0.3 is 14.0 Å². The first-order valence-corrected chi connectivity index (χ1v) is 27.3. The van der Waals surface area contributed by atoms with Crippen molar-refractivity contribution in [3.05, 3.63) is 261 Å². The zero-order valence-corrected chi connectivity index (χ0v) is 40.3. The summed E-state index contributed by atoms with van der Waals surface area (Å²) in [5.41, 5.74) is 19.2. The maximum Gasteiger partial charge on any atom is 0.246 e. The molecule has 0 atom stereocenters. The topological polar surface area (TPSA) is 13.1 Å². The van der Waals surface area contributed by atoms with Gasteiger partial charge in [0.1, 0.15) is 0 Å². The molecule has 16 rings (SSSR count). The Morgan fingerprint density at radius 1 is 0.278 bits per heavy atom. The van der Waals surface area contributed by atoms with Crippen LogP contribution >= 0.6 is 0 Å². The minimum absolute atomic E-state index is 0.0335. The highest BCUT2D eigenvalue weighted by Gasteiger charge is 2.56. The van der Waals surface area contributed by atoms with E-state index in [0.29, 0.717) is 0 Å². The molecule has 3 aliphatic heterocycles. The fourth-order valence-electron chi connectivity index (χ4n) is 13.7. The van der Waals surface area contributed by atoms with Gasteiger partial charge in [0.25, 0.3) is 0 Å². The molecular formula is C66H43B2N3Si. The Morgan fingerprint density at radius 2 is 0.611 bits per heavy atom. The second-order valence-corrected chi connectivity index (χ2v) is 23.6. The van der Waals surface area contributed by atoms with Crippen molar-refractivity contribution < 1.29 is 0 Å². The van der Waals surface area contributed by atoms with E-state index in [1.807, 2.05) is 0 Å². The van der Waals surface area contributed by atoms with Gasteiger partial charge in [-0.05, 0) is 91.1 Å². The van der Waals surface area contributed by atoms with E-state index < -0.39 is 8.07 Å². The Hall–Kier alpha value is -8.83. The van der Waals surface area contributed by atoms with Gasteiger partial charge in [-0.15, -0.1) is 0 Å². The highest BCUT2D eigenvalue weighted by Crippen LogP contribution is 2.43. The third-order valence-corrected chi connectivity index (χ3v) is 21.2. The van der Waals surface area contributed by atoms with Crippen LogP contribution in [-0.2, 0) is 0 Å². The maximum atomic E-state index is 2.77. The van der Waals surface area contributed by atoms with E-state index in [-0.39, 0.29) is 13.4 Å². The van der Waals surface area contributed by atoms with Crippen molar-refractivity contribution >= 4 is 136 Å². The molecule has 3 aliphatic rings. The summed E-state index contributed by atoms with van der Waals surface area (Å²) in [5, 5.41) is 10.6. The average molecular weight is 928 g/mol. The number of hydrogen-bond acceptors (Lipinski definition) is 1. The highest BCUT2D eigenvalue weighted by molar-refractivity contribution is 7.22. The molecule has 3 nitrogen and oxygen atoms in total. The lowest BCUT2D eigenvalue weighted by molar-refractivity contribution is 1.17. The summed E-state index contributed by atoms with van der Waals surface area (Å²) >= 11 is 0. The van der Waals surface area contributed by atoms with Crippen LogP contribution in [0, 0.1) is 0 Å². The van der Waals surface area contributed by atoms with Crippen molar-refractivity contribution in [3.63, 3.8) is 0 Å². The number of rotatable bonds is 6. The molecule has 2 aromatic heterocycles. The van der Waals surface area contributed by atoms with Gasteiger partial charge in [0.05, 0.1) is 22.1 Å². The fraction of sp³-hybridized carbons (Fsp3) is 0. The van der Waals surface area contributed by atoms with Crippen LogP contribution < -0.4 is 58.4 Å². The van der Waals surface area contributed by atoms with Crippen molar-refractivity contribution in [2.45, 2.75) is 0 Å². The van der Waals surface area contributed by atoms with E-state index in [9.17, 15) is 0 Å². The van der Waals surface area contributed by atoms with Gasteiger partial charge in [-0.25, -0.2) is 0 Å². The number of aromatic nitrogens is 2. The predicted octanol–water partition coefficient (Wildman–Crippen LogP) is 8.70. The van der Waals surface area contributed by atoms with Gasteiger partial charge in [-0.3, -0.25) is 0 Å². The van der Waals surface area contributed by atoms with E-state index in [1.165, 1.54) is 126 Å². The number of fused-ring (bicyclic) bond motifs is 6. The lowest BCUT2D eigenvalue weighted by atomic mass is 9.30. The van der Waals surface area contributed by atoms with Crippen LogP contribution in [0.2, 0.25) is 0 Å². The van der Waals surface area contributed by atoms with Crippen molar-refractivity contribution in [3.8, 4) is 11.4 Å². The van der Waals surface area contributed by atoms with Gasteiger partial charge >= 0.3 is 0 Å². The minimum Gasteiger partial charge on any atom is -0.313 e. The molecule has 0 N–H and O–H groups in total. The van der Waals surface area contributed by atoms with E-state index in [0.717, 1.165) is 0 Å². The van der Waals surface area contributed by atoms with Crippen LogP contribution in [0.5, 0.6) is 0 Å². The molecule has 0 radical (unpaired) electrons. The molecule has 13 aromatic rings. The van der Waals surface area contributed by atoms with Crippen LogP contribution in [0.1, 0.15) is 0 Å². The first-order chi connectivity index (χ1) is 35.8. The number of benzene rings is 11. The lowest BCUT2D eigenvalue weighted by Crippen LogP contribution is -2.81. The van der Waals surface area contributed by atoms with Crippen molar-refractivity contribution in [2.75, 3.05) is 4.90 Å². The largest absolute Gasteiger partial charge is 0.313 e. The van der Waals surface area contributed by atoms with Gasteiger partial charge in [0.15, 0.2) is 8.07 Å². The molecule has 0 amide bonds. The molecule has 0 bridgehead atoms. The number of anilines is 3. The maximum absolute atomic E-state index is 3.34. The fourth-order valence-corrected chi connectivity index (χ4v) is 19.0. The van der Waals surface area contributed by atoms with Crippen LogP contribution in [0.4, 0.5) is 17.1 Å². The number of para-hydroxylation sites is 5. The van der Waals surface area contributed by atoms with Crippen LogP contribution in [0.15, 0.2) is 261 Å². The van der Waals surface area contributed by atoms with E-state index in [4.69, 9.17) is 0 Å². The van der Waals surface area contributed by atoms with Gasteiger partial charge in [0, 0.05) is 50.0 Å². The normalized spacial score (nSPS) is 13.9. The van der Waals surface area contributed by atoms with Crippen molar-refractivity contribution in [2.24, 2.45) is 0 Å². The third kappa shape index (κ3) is 5.26. The van der Waals surface area contributed by atoms with Gasteiger partial charge in [-0.1, -0.05) is 223 Å². The summed E-state index contributed by atoms with van der Waals surface area (Å²) in [6.45, 7) is -0.0670. The summed E-state index contributed by atoms with van der Waals surface area (Å²) < 4.78 is 5.11. The standard InChI is InChI=1S/C66H43B2N3Si/c1-5-22-44(23-6-1)67-54-34-21-35-55-64(54)71-65-56(67)40-46(69-58-36-17-13-30-50(58)51-31-14-18-37-59(51)69)42-62(65)72(48-26-9-3-10-27-48,49-28-11-4-12-29-49)63-43-47(41-57(66(63)71)68(55)45-24-7-2-8-25-45)70-60-38-19-15-32-52(60)53-33-16-20-39-61(53)70/h1-43H. The second kappa shape index (κ2) is 15.1. The summed E-state index contributed by atoms with van der Waals surface area (Å²) in [6.07, 6.45) is 0. The van der Waals surface area contributed by atoms with E-state index >= 15 is 0 Å². The molecule has 0 saturated heterocycles. The molecule has 0 unspecified atom stereocenters. The summed E-state index contributed by atoms with van der Waals surface area (Å²) in [4.78, 5) is 2.77. The minimum atomic E-state index is -3.34. The smallest absolute Gasteiger partial charge is 0.246 e. The molecule has 332 valence electrons. The number of hydrogen-bond donors (Lipinski definition) is 0. The molecule has 0 fully saturated rings. The molecule has 11 aromatic carbocycles. The molecular weight excluding hydrogens is 884 g/mol. The molecule has 6 heteroatoms.